The second-order valence-electron chi connectivity index (χ2n) is 7.59. The van der Waals surface area contributed by atoms with Crippen LogP contribution in [0, 0.1) is 0 Å². The fourth-order valence-corrected chi connectivity index (χ4v) is 3.60. The van der Waals surface area contributed by atoms with Crippen LogP contribution in [0.4, 0.5) is 0 Å². The summed E-state index contributed by atoms with van der Waals surface area (Å²) in [5, 5.41) is 0. The van der Waals surface area contributed by atoms with E-state index in [9.17, 15) is 4.79 Å². The maximum absolute atomic E-state index is 12.5. The highest BCUT2D eigenvalue weighted by molar-refractivity contribution is 6.06. The van der Waals surface area contributed by atoms with E-state index in [0.29, 0.717) is 23.7 Å². The Balaban J connectivity index is 1.53. The van der Waals surface area contributed by atoms with Crippen molar-refractivity contribution in [2.24, 2.45) is 0 Å². The zero-order valence-corrected chi connectivity index (χ0v) is 17.1. The van der Waals surface area contributed by atoms with Crippen molar-refractivity contribution in [3.63, 3.8) is 0 Å². The number of carbonyl (C=O) groups excluding carboxylic acids is 1. The van der Waals surface area contributed by atoms with Crippen LogP contribution in [0.2, 0.25) is 0 Å². The minimum absolute atomic E-state index is 0.0580. The molecule has 2 fully saturated rings. The number of benzene rings is 2. The summed E-state index contributed by atoms with van der Waals surface area (Å²) in [4.78, 5) is 12.5. The summed E-state index contributed by atoms with van der Waals surface area (Å²) in [5.41, 5.74) is 1.43. The Morgan fingerprint density at radius 1 is 0.867 bits per heavy atom. The third-order valence-electron chi connectivity index (χ3n) is 5.26. The Bertz CT molecular complexity index is 849. The van der Waals surface area contributed by atoms with Crippen LogP contribution in [0.15, 0.2) is 54.6 Å². The summed E-state index contributed by atoms with van der Waals surface area (Å²) >= 11 is 0. The fourth-order valence-electron chi connectivity index (χ4n) is 3.60. The molecule has 5 heteroatoms. The van der Waals surface area contributed by atoms with E-state index in [2.05, 4.69) is 0 Å². The molecule has 2 heterocycles. The molecule has 0 N–H and O–H groups in total. The van der Waals surface area contributed by atoms with E-state index in [1.165, 1.54) is 0 Å². The summed E-state index contributed by atoms with van der Waals surface area (Å²) in [6, 6.07) is 14.9. The van der Waals surface area contributed by atoms with Crippen LogP contribution in [0.25, 0.3) is 6.08 Å². The van der Waals surface area contributed by atoms with Gasteiger partial charge in [0.15, 0.2) is 18.4 Å². The third-order valence-corrected chi connectivity index (χ3v) is 5.26. The van der Waals surface area contributed by atoms with Gasteiger partial charge in [-0.3, -0.25) is 4.79 Å². The first kappa shape index (κ1) is 20.6. The van der Waals surface area contributed by atoms with E-state index in [4.69, 9.17) is 18.9 Å². The number of ether oxygens (including phenoxy) is 4. The molecule has 0 saturated carbocycles. The number of carbonyl (C=O) groups is 1. The van der Waals surface area contributed by atoms with Gasteiger partial charge in [0.05, 0.1) is 13.2 Å². The number of rotatable bonds is 7. The SMILES string of the molecule is O=C(/C=C/c1cc(OC2CCCCO2)ccc1OC1CCCCO1)c1ccccc1. The molecule has 0 amide bonds. The van der Waals surface area contributed by atoms with Crippen molar-refractivity contribution in [2.75, 3.05) is 13.2 Å². The van der Waals surface area contributed by atoms with E-state index in [1.54, 1.807) is 24.3 Å². The average Bonchev–Trinajstić information content (AvgIpc) is 2.81. The van der Waals surface area contributed by atoms with Gasteiger partial charge in [0.25, 0.3) is 0 Å². The quantitative estimate of drug-likeness (QED) is 0.454. The standard InChI is InChI=1S/C25H28O5/c26-22(19-8-2-1-3-9-19)14-12-20-18-21(29-24-10-4-6-16-27-24)13-15-23(20)30-25-11-5-7-17-28-25/h1-3,8-9,12-15,18,24-25H,4-7,10-11,16-17H2/b14-12+. The number of hydrogen-bond acceptors (Lipinski definition) is 5. The first-order valence-electron chi connectivity index (χ1n) is 10.8. The maximum Gasteiger partial charge on any atom is 0.199 e. The average molecular weight is 408 g/mol. The predicted octanol–water partition coefficient (Wildman–Crippen LogP) is 5.39. The molecule has 30 heavy (non-hydrogen) atoms. The van der Waals surface area contributed by atoms with Gasteiger partial charge in [-0.1, -0.05) is 30.3 Å². The number of allylic oxidation sites excluding steroid dienone is 1. The summed E-state index contributed by atoms with van der Waals surface area (Å²) in [6.07, 6.45) is 8.93. The first-order chi connectivity index (χ1) is 14.8. The molecule has 2 aromatic rings. The van der Waals surface area contributed by atoms with E-state index < -0.39 is 0 Å². The zero-order valence-electron chi connectivity index (χ0n) is 17.1. The van der Waals surface area contributed by atoms with Gasteiger partial charge in [0.1, 0.15) is 11.5 Å². The van der Waals surface area contributed by atoms with Crippen LogP contribution < -0.4 is 9.47 Å². The van der Waals surface area contributed by atoms with Crippen molar-refractivity contribution in [3.05, 3.63) is 65.7 Å². The van der Waals surface area contributed by atoms with Crippen LogP contribution in [0.5, 0.6) is 11.5 Å². The zero-order chi connectivity index (χ0) is 20.6. The highest BCUT2D eigenvalue weighted by Gasteiger charge is 2.19. The molecule has 158 valence electrons. The van der Waals surface area contributed by atoms with Gasteiger partial charge in [0.2, 0.25) is 0 Å². The molecule has 0 spiro atoms. The second kappa shape index (κ2) is 10.4. The lowest BCUT2D eigenvalue weighted by molar-refractivity contribution is -0.107. The van der Waals surface area contributed by atoms with Crippen LogP contribution in [0.3, 0.4) is 0 Å². The molecule has 2 aliphatic rings. The molecule has 0 aliphatic carbocycles. The van der Waals surface area contributed by atoms with Crippen LogP contribution >= 0.6 is 0 Å². The van der Waals surface area contributed by atoms with E-state index in [-0.39, 0.29) is 18.4 Å². The van der Waals surface area contributed by atoms with Crippen molar-refractivity contribution in [2.45, 2.75) is 51.1 Å². The second-order valence-corrected chi connectivity index (χ2v) is 7.59. The Labute approximate surface area is 177 Å². The Kier molecular flexibility index (Phi) is 7.16. The predicted molar refractivity (Wildman–Crippen MR) is 115 cm³/mol. The molecule has 0 radical (unpaired) electrons. The molecule has 2 atom stereocenters. The van der Waals surface area contributed by atoms with Crippen molar-refractivity contribution in [1.29, 1.82) is 0 Å². The van der Waals surface area contributed by atoms with Gasteiger partial charge >= 0.3 is 0 Å². The maximum atomic E-state index is 12.5. The molecule has 2 aromatic carbocycles. The highest BCUT2D eigenvalue weighted by atomic mass is 16.7. The molecule has 2 saturated heterocycles. The number of hydrogen-bond donors (Lipinski definition) is 0. The third kappa shape index (κ3) is 5.71. The van der Waals surface area contributed by atoms with Crippen LogP contribution in [0.1, 0.15) is 54.4 Å². The minimum Gasteiger partial charge on any atom is -0.465 e. The van der Waals surface area contributed by atoms with Gasteiger partial charge in [-0.05, 0) is 56.0 Å². The Morgan fingerprint density at radius 2 is 1.57 bits per heavy atom. The number of ketones is 1. The van der Waals surface area contributed by atoms with Gasteiger partial charge in [-0.2, -0.15) is 0 Å². The van der Waals surface area contributed by atoms with E-state index in [0.717, 1.165) is 50.7 Å². The fraction of sp³-hybridized carbons (Fsp3) is 0.400. The lowest BCUT2D eigenvalue weighted by Gasteiger charge is -2.25. The molecule has 4 rings (SSSR count). The van der Waals surface area contributed by atoms with Gasteiger partial charge in [0, 0.05) is 24.0 Å². The van der Waals surface area contributed by atoms with E-state index >= 15 is 0 Å². The summed E-state index contributed by atoms with van der Waals surface area (Å²) in [7, 11) is 0. The Morgan fingerprint density at radius 3 is 2.23 bits per heavy atom. The molecule has 2 aliphatic heterocycles. The van der Waals surface area contributed by atoms with Crippen molar-refractivity contribution in [3.8, 4) is 11.5 Å². The summed E-state index contributed by atoms with van der Waals surface area (Å²) in [6.45, 7) is 1.44. The highest BCUT2D eigenvalue weighted by Crippen LogP contribution is 2.30. The molecular weight excluding hydrogens is 380 g/mol. The van der Waals surface area contributed by atoms with Crippen molar-refractivity contribution < 1.29 is 23.7 Å². The topological polar surface area (TPSA) is 54.0 Å². The minimum atomic E-state index is -0.260. The smallest absolute Gasteiger partial charge is 0.199 e. The summed E-state index contributed by atoms with van der Waals surface area (Å²) < 4.78 is 23.5. The first-order valence-corrected chi connectivity index (χ1v) is 10.8. The molecule has 0 aromatic heterocycles. The van der Waals surface area contributed by atoms with Crippen LogP contribution in [-0.4, -0.2) is 31.6 Å². The monoisotopic (exact) mass is 408 g/mol. The normalized spacial score (nSPS) is 22.0. The van der Waals surface area contributed by atoms with Gasteiger partial charge < -0.3 is 18.9 Å². The Hall–Kier alpha value is -2.63. The largest absolute Gasteiger partial charge is 0.465 e. The summed E-state index contributed by atoms with van der Waals surface area (Å²) in [5.74, 6) is 1.32. The molecule has 5 nitrogen and oxygen atoms in total. The molecule has 2 unspecified atom stereocenters. The van der Waals surface area contributed by atoms with Crippen LogP contribution in [-0.2, 0) is 9.47 Å². The van der Waals surface area contributed by atoms with Crippen molar-refractivity contribution >= 4 is 11.9 Å². The lowest BCUT2D eigenvalue weighted by atomic mass is 10.1. The van der Waals surface area contributed by atoms with Gasteiger partial charge in [-0.15, -0.1) is 0 Å². The lowest BCUT2D eigenvalue weighted by Crippen LogP contribution is -2.26. The van der Waals surface area contributed by atoms with Gasteiger partial charge in [-0.25, -0.2) is 0 Å². The van der Waals surface area contributed by atoms with E-state index in [1.807, 2.05) is 36.4 Å². The molecular formula is C25H28O5. The van der Waals surface area contributed by atoms with Crippen molar-refractivity contribution in [1.82, 2.24) is 0 Å². The molecule has 0 bridgehead atoms.